The summed E-state index contributed by atoms with van der Waals surface area (Å²) in [6, 6.07) is 10.3. The number of carbonyl (C=O) groups is 2. The van der Waals surface area contributed by atoms with Gasteiger partial charge in [-0.25, -0.2) is 4.79 Å². The van der Waals surface area contributed by atoms with Gasteiger partial charge in [0.05, 0.1) is 10.3 Å². The van der Waals surface area contributed by atoms with E-state index in [9.17, 15) is 9.59 Å². The summed E-state index contributed by atoms with van der Waals surface area (Å²) in [4.78, 5) is 32.7. The van der Waals surface area contributed by atoms with E-state index in [1.165, 1.54) is 21.3 Å². The van der Waals surface area contributed by atoms with Crippen molar-refractivity contribution >= 4 is 39.2 Å². The monoisotopic (exact) mass is 407 g/mol. The highest BCUT2D eigenvalue weighted by Gasteiger charge is 2.51. The number of carbonyl (C=O) groups excluding carboxylic acids is 2. The number of urea groups is 1. The van der Waals surface area contributed by atoms with Crippen LogP contribution in [0.2, 0.25) is 0 Å². The lowest BCUT2D eigenvalue weighted by atomic mass is 9.99. The van der Waals surface area contributed by atoms with E-state index in [1.807, 2.05) is 36.4 Å². The van der Waals surface area contributed by atoms with Crippen LogP contribution in [0.5, 0.6) is 0 Å². The number of hydroxylamine groups is 2. The van der Waals surface area contributed by atoms with E-state index >= 15 is 0 Å². The number of primary amides is 1. The molecule has 1 aromatic heterocycles. The molecule has 124 valence electrons. The standard InChI is InChI=1S/C16H14BrN3O3S/c17-12-6-10-11-7-19(13(15(18)21)14(10)24-12)16(22)20(11)23-8-9-4-2-1-3-5-9/h1-6,11,13H,7-8H2,(H2,18,21)/t11-,13?/m1/s1. The molecule has 0 spiro atoms. The van der Waals surface area contributed by atoms with E-state index in [0.717, 1.165) is 19.8 Å². The number of amides is 3. The van der Waals surface area contributed by atoms with Crippen molar-refractivity contribution in [1.82, 2.24) is 9.96 Å². The van der Waals surface area contributed by atoms with Gasteiger partial charge in [0.2, 0.25) is 5.91 Å². The molecular weight excluding hydrogens is 394 g/mol. The molecule has 2 aliphatic heterocycles. The summed E-state index contributed by atoms with van der Waals surface area (Å²) in [7, 11) is 0. The molecule has 2 atom stereocenters. The zero-order chi connectivity index (χ0) is 16.8. The molecule has 6 nitrogen and oxygen atoms in total. The van der Waals surface area contributed by atoms with Crippen LogP contribution in [0.4, 0.5) is 4.79 Å². The van der Waals surface area contributed by atoms with Gasteiger partial charge in [-0.1, -0.05) is 30.3 Å². The van der Waals surface area contributed by atoms with E-state index in [2.05, 4.69) is 15.9 Å². The van der Waals surface area contributed by atoms with Crippen LogP contribution >= 0.6 is 27.3 Å². The number of benzene rings is 1. The molecule has 2 bridgehead atoms. The summed E-state index contributed by atoms with van der Waals surface area (Å²) >= 11 is 4.89. The largest absolute Gasteiger partial charge is 0.368 e. The fraction of sp³-hybridized carbons (Fsp3) is 0.250. The third kappa shape index (κ3) is 2.42. The molecule has 2 aromatic rings. The number of nitrogens with zero attached hydrogens (tertiary/aromatic N) is 2. The minimum Gasteiger partial charge on any atom is -0.368 e. The van der Waals surface area contributed by atoms with Crippen LogP contribution in [0.3, 0.4) is 0 Å². The van der Waals surface area contributed by atoms with Crippen LogP contribution < -0.4 is 5.73 Å². The summed E-state index contributed by atoms with van der Waals surface area (Å²) < 4.78 is 0.906. The number of hydrogen-bond acceptors (Lipinski definition) is 4. The van der Waals surface area contributed by atoms with Gasteiger partial charge >= 0.3 is 6.03 Å². The second-order valence-electron chi connectivity index (χ2n) is 5.71. The molecule has 3 amide bonds. The molecule has 0 aliphatic carbocycles. The molecule has 0 saturated carbocycles. The summed E-state index contributed by atoms with van der Waals surface area (Å²) in [5, 5.41) is 1.37. The Kier molecular flexibility index (Phi) is 3.82. The highest BCUT2D eigenvalue weighted by Crippen LogP contribution is 2.48. The Labute approximate surface area is 150 Å². The van der Waals surface area contributed by atoms with Gasteiger partial charge in [-0.3, -0.25) is 9.63 Å². The van der Waals surface area contributed by atoms with Gasteiger partial charge in [0.25, 0.3) is 0 Å². The van der Waals surface area contributed by atoms with Crippen molar-refractivity contribution in [2.45, 2.75) is 18.7 Å². The third-order valence-corrected chi connectivity index (χ3v) is 5.96. The van der Waals surface area contributed by atoms with E-state index in [-0.39, 0.29) is 12.1 Å². The highest BCUT2D eigenvalue weighted by atomic mass is 79.9. The molecule has 24 heavy (non-hydrogen) atoms. The summed E-state index contributed by atoms with van der Waals surface area (Å²) in [6.07, 6.45) is 0. The van der Waals surface area contributed by atoms with Crippen LogP contribution in [0.1, 0.15) is 28.1 Å². The van der Waals surface area contributed by atoms with E-state index < -0.39 is 11.9 Å². The van der Waals surface area contributed by atoms with Gasteiger partial charge in [0.1, 0.15) is 18.7 Å². The van der Waals surface area contributed by atoms with E-state index in [4.69, 9.17) is 10.6 Å². The topological polar surface area (TPSA) is 75.9 Å². The Morgan fingerprint density at radius 3 is 2.83 bits per heavy atom. The molecule has 1 unspecified atom stereocenters. The van der Waals surface area contributed by atoms with Crippen LogP contribution in [0.25, 0.3) is 0 Å². The van der Waals surface area contributed by atoms with Gasteiger partial charge in [-0.2, -0.15) is 5.06 Å². The van der Waals surface area contributed by atoms with Gasteiger partial charge in [-0.15, -0.1) is 11.3 Å². The van der Waals surface area contributed by atoms with Crippen molar-refractivity contribution in [3.63, 3.8) is 0 Å². The number of rotatable bonds is 4. The second kappa shape index (κ2) is 5.87. The third-order valence-electron chi connectivity index (χ3n) is 4.25. The molecule has 1 aromatic carbocycles. The molecule has 4 rings (SSSR count). The lowest BCUT2D eigenvalue weighted by molar-refractivity contribution is -0.141. The summed E-state index contributed by atoms with van der Waals surface area (Å²) in [6.45, 7) is 0.691. The Morgan fingerprint density at radius 2 is 2.12 bits per heavy atom. The van der Waals surface area contributed by atoms with E-state index in [0.29, 0.717) is 13.2 Å². The molecular formula is C16H14BrN3O3S. The first-order valence-corrected chi connectivity index (χ1v) is 9.02. The van der Waals surface area contributed by atoms with E-state index in [1.54, 1.807) is 0 Å². The average molecular weight is 408 g/mol. The van der Waals surface area contributed by atoms with Crippen LogP contribution in [-0.4, -0.2) is 28.4 Å². The van der Waals surface area contributed by atoms with Gasteiger partial charge in [-0.05, 0) is 33.1 Å². The van der Waals surface area contributed by atoms with Gasteiger partial charge in [0, 0.05) is 4.88 Å². The maximum absolute atomic E-state index is 12.7. The van der Waals surface area contributed by atoms with Crippen molar-refractivity contribution in [3.05, 3.63) is 56.2 Å². The Balaban J connectivity index is 1.64. The molecule has 3 heterocycles. The minimum absolute atomic E-state index is 0.227. The molecule has 1 fully saturated rings. The van der Waals surface area contributed by atoms with Crippen molar-refractivity contribution in [2.24, 2.45) is 5.73 Å². The minimum atomic E-state index is -0.731. The first-order valence-electron chi connectivity index (χ1n) is 7.41. The Hall–Kier alpha value is -1.90. The molecule has 0 radical (unpaired) electrons. The lowest BCUT2D eigenvalue weighted by Crippen LogP contribution is -2.40. The second-order valence-corrected chi connectivity index (χ2v) is 8.17. The number of nitrogens with two attached hydrogens (primary N) is 1. The lowest BCUT2D eigenvalue weighted by Gasteiger charge is -2.28. The quantitative estimate of drug-likeness (QED) is 0.845. The van der Waals surface area contributed by atoms with Crippen molar-refractivity contribution in [3.8, 4) is 0 Å². The number of halogens is 1. The van der Waals surface area contributed by atoms with Crippen LogP contribution in [-0.2, 0) is 16.2 Å². The predicted octanol–water partition coefficient (Wildman–Crippen LogP) is 2.96. The number of hydrogen-bond donors (Lipinski definition) is 1. The SMILES string of the molecule is NC(=O)C1c2sc(Br)cc2[C@H]2CN1C(=O)N2OCc1ccccc1. The fourth-order valence-electron chi connectivity index (χ4n) is 3.19. The maximum Gasteiger partial charge on any atom is 0.345 e. The Morgan fingerprint density at radius 1 is 1.38 bits per heavy atom. The number of fused-ring (bicyclic) bond motifs is 4. The molecule has 2 aliphatic rings. The molecule has 2 N–H and O–H groups in total. The molecule has 8 heteroatoms. The first kappa shape index (κ1) is 15.6. The fourth-order valence-corrected chi connectivity index (χ4v) is 5.02. The molecule has 1 saturated heterocycles. The first-order chi connectivity index (χ1) is 11.6. The zero-order valence-corrected chi connectivity index (χ0v) is 14.9. The average Bonchev–Trinajstić information content (AvgIpc) is 3.07. The van der Waals surface area contributed by atoms with Crippen molar-refractivity contribution in [1.29, 1.82) is 0 Å². The van der Waals surface area contributed by atoms with Crippen molar-refractivity contribution in [2.75, 3.05) is 6.54 Å². The Bertz CT molecular complexity index is 810. The zero-order valence-electron chi connectivity index (χ0n) is 12.5. The van der Waals surface area contributed by atoms with Crippen LogP contribution in [0.15, 0.2) is 40.2 Å². The normalized spacial score (nSPS) is 22.0. The summed E-state index contributed by atoms with van der Waals surface area (Å²) in [5.74, 6) is -0.526. The number of thiophene rings is 1. The van der Waals surface area contributed by atoms with Gasteiger partial charge < -0.3 is 10.6 Å². The van der Waals surface area contributed by atoms with Gasteiger partial charge in [0.15, 0.2) is 0 Å². The van der Waals surface area contributed by atoms with Crippen molar-refractivity contribution < 1.29 is 14.4 Å². The van der Waals surface area contributed by atoms with Crippen LogP contribution in [0, 0.1) is 0 Å². The smallest absolute Gasteiger partial charge is 0.345 e. The predicted molar refractivity (Wildman–Crippen MR) is 91.9 cm³/mol. The highest BCUT2D eigenvalue weighted by molar-refractivity contribution is 9.11. The maximum atomic E-state index is 12.7. The summed E-state index contributed by atoms with van der Waals surface area (Å²) in [5.41, 5.74) is 7.44.